The van der Waals surface area contributed by atoms with Gasteiger partial charge in [-0.05, 0) is 18.1 Å². The fraction of sp³-hybridized carbons (Fsp3) is 0.0625. The molecule has 1 aliphatic rings. The summed E-state index contributed by atoms with van der Waals surface area (Å²) < 4.78 is 5.63. The van der Waals surface area contributed by atoms with E-state index >= 15 is 0 Å². The molecule has 0 radical (unpaired) electrons. The molecule has 0 unspecified atom stereocenters. The van der Waals surface area contributed by atoms with Gasteiger partial charge in [0.15, 0.2) is 5.76 Å². The van der Waals surface area contributed by atoms with Crippen LogP contribution in [0.15, 0.2) is 78.1 Å². The summed E-state index contributed by atoms with van der Waals surface area (Å²) in [6.45, 7) is 10.9. The summed E-state index contributed by atoms with van der Waals surface area (Å²) in [5, 5.41) is 0. The number of terminal acetylenes is 1. The topological polar surface area (TPSA) is 24.8 Å². The fourth-order valence-electron chi connectivity index (χ4n) is 1.53. The lowest BCUT2D eigenvalue weighted by molar-refractivity contribution is 0.288. The number of nitrogens with zero attached hydrogens (tertiary/aromatic N) is 2. The van der Waals surface area contributed by atoms with Crippen LogP contribution in [0.5, 0.6) is 0 Å². The van der Waals surface area contributed by atoms with Crippen LogP contribution in [0.25, 0.3) is 0 Å². The van der Waals surface area contributed by atoms with Crippen molar-refractivity contribution in [3.05, 3.63) is 73.2 Å². The highest BCUT2D eigenvalue weighted by molar-refractivity contribution is 5.81. The van der Waals surface area contributed by atoms with E-state index in [0.717, 1.165) is 5.70 Å². The van der Waals surface area contributed by atoms with Gasteiger partial charge in [0, 0.05) is 13.2 Å². The molecule has 1 heterocycles. The summed E-state index contributed by atoms with van der Waals surface area (Å²) in [5.41, 5.74) is 1.50. The van der Waals surface area contributed by atoms with E-state index in [0.29, 0.717) is 17.2 Å². The molecule has 0 atom stereocenters. The van der Waals surface area contributed by atoms with Crippen LogP contribution in [-0.2, 0) is 4.74 Å². The highest BCUT2D eigenvalue weighted by atomic mass is 16.5. The Morgan fingerprint density at radius 2 is 2.05 bits per heavy atom. The second-order valence-corrected chi connectivity index (χ2v) is 3.53. The molecule has 0 N–H and O–H groups in total. The summed E-state index contributed by atoms with van der Waals surface area (Å²) in [4.78, 5) is 5.86. The number of aliphatic imine (C=N–C) groups is 1. The number of allylic oxidation sites excluding steroid dienone is 6. The molecule has 1 aliphatic heterocycles. The Bertz CT molecular complexity index is 554. The number of hydrogen-bond acceptors (Lipinski definition) is 3. The first kappa shape index (κ1) is 14.3. The molecule has 3 nitrogen and oxygen atoms in total. The van der Waals surface area contributed by atoms with Gasteiger partial charge in [-0.3, -0.25) is 4.99 Å². The molecule has 0 saturated carbocycles. The minimum absolute atomic E-state index is 0.388. The Balaban J connectivity index is 3.30. The summed E-state index contributed by atoms with van der Waals surface area (Å²) in [6, 6.07) is 0. The SMILES string of the molecule is C#CC1=C(C=NC=C)N(C)C(/C=C\C=C)=C(C=C)O1. The van der Waals surface area contributed by atoms with Crippen molar-refractivity contribution in [2.75, 3.05) is 7.05 Å². The molecule has 0 bridgehead atoms. The van der Waals surface area contributed by atoms with Crippen molar-refractivity contribution in [1.29, 1.82) is 0 Å². The van der Waals surface area contributed by atoms with E-state index in [9.17, 15) is 0 Å². The monoisotopic (exact) mass is 252 g/mol. The molecule has 0 aromatic rings. The first-order chi connectivity index (χ1) is 9.19. The summed E-state index contributed by atoms with van der Waals surface area (Å²) >= 11 is 0. The zero-order valence-electron chi connectivity index (χ0n) is 11.0. The molecule has 19 heavy (non-hydrogen) atoms. The molecule has 1 rings (SSSR count). The molecule has 3 heteroatoms. The second-order valence-electron chi connectivity index (χ2n) is 3.53. The van der Waals surface area contributed by atoms with Crippen LogP contribution in [0.1, 0.15) is 0 Å². The molecule has 0 spiro atoms. The minimum atomic E-state index is 0.388. The van der Waals surface area contributed by atoms with Crippen molar-refractivity contribution in [1.82, 2.24) is 4.90 Å². The number of hydrogen-bond donors (Lipinski definition) is 0. The normalized spacial score (nSPS) is 15.7. The van der Waals surface area contributed by atoms with Crippen LogP contribution in [0.3, 0.4) is 0 Å². The van der Waals surface area contributed by atoms with E-state index in [-0.39, 0.29) is 0 Å². The molecular formula is C16H16N2O. The van der Waals surface area contributed by atoms with Crippen molar-refractivity contribution in [2.45, 2.75) is 0 Å². The van der Waals surface area contributed by atoms with E-state index < -0.39 is 0 Å². The van der Waals surface area contributed by atoms with E-state index in [1.807, 2.05) is 24.1 Å². The zero-order chi connectivity index (χ0) is 14.3. The van der Waals surface area contributed by atoms with E-state index in [2.05, 4.69) is 30.6 Å². The van der Waals surface area contributed by atoms with Gasteiger partial charge in [-0.15, -0.1) is 6.42 Å². The van der Waals surface area contributed by atoms with Crippen molar-refractivity contribution in [2.24, 2.45) is 4.99 Å². The lowest BCUT2D eigenvalue weighted by Gasteiger charge is -2.28. The summed E-state index contributed by atoms with van der Waals surface area (Å²) in [5.74, 6) is 3.47. The predicted octanol–water partition coefficient (Wildman–Crippen LogP) is 3.15. The molecule has 0 aromatic heterocycles. The number of likely N-dealkylation sites (N-methyl/N-ethyl adjacent to an activating group) is 1. The smallest absolute Gasteiger partial charge is 0.202 e. The first-order valence-corrected chi connectivity index (χ1v) is 5.62. The molecule has 0 fully saturated rings. The standard InChI is InChI=1S/C16H16N2O/c1-6-10-11-13-15(7-2)19-16(8-3)14(18(13)5)12-17-9-4/h3,6-7,9-12H,1-2,4H2,5H3/b11-10-,17-12?. The Morgan fingerprint density at radius 3 is 2.58 bits per heavy atom. The Kier molecular flexibility index (Phi) is 5.18. The van der Waals surface area contributed by atoms with Gasteiger partial charge in [-0.2, -0.15) is 0 Å². The first-order valence-electron chi connectivity index (χ1n) is 5.62. The maximum absolute atomic E-state index is 5.63. The van der Waals surface area contributed by atoms with Crippen LogP contribution in [-0.4, -0.2) is 18.2 Å². The highest BCUT2D eigenvalue weighted by Gasteiger charge is 2.22. The Labute approximate surface area is 114 Å². The van der Waals surface area contributed by atoms with Crippen molar-refractivity contribution >= 4 is 6.21 Å². The third-order valence-corrected chi connectivity index (χ3v) is 2.43. The predicted molar refractivity (Wildman–Crippen MR) is 80.0 cm³/mol. The second kappa shape index (κ2) is 6.87. The third kappa shape index (κ3) is 3.14. The van der Waals surface area contributed by atoms with E-state index in [1.54, 1.807) is 18.4 Å². The van der Waals surface area contributed by atoms with Crippen LogP contribution in [0.2, 0.25) is 0 Å². The Morgan fingerprint density at radius 1 is 1.32 bits per heavy atom. The molecule has 0 aliphatic carbocycles. The molecule has 0 saturated heterocycles. The van der Waals surface area contributed by atoms with Gasteiger partial charge >= 0.3 is 0 Å². The molecular weight excluding hydrogens is 236 g/mol. The van der Waals surface area contributed by atoms with Gasteiger partial charge in [-0.1, -0.05) is 31.9 Å². The van der Waals surface area contributed by atoms with Crippen molar-refractivity contribution < 1.29 is 4.74 Å². The summed E-state index contributed by atoms with van der Waals surface area (Å²) in [7, 11) is 1.87. The van der Waals surface area contributed by atoms with Crippen molar-refractivity contribution in [3.8, 4) is 12.3 Å². The average molecular weight is 252 g/mol. The van der Waals surface area contributed by atoms with Crippen LogP contribution < -0.4 is 0 Å². The number of rotatable bonds is 5. The van der Waals surface area contributed by atoms with E-state index in [4.69, 9.17) is 11.2 Å². The van der Waals surface area contributed by atoms with Crippen molar-refractivity contribution in [3.63, 3.8) is 0 Å². The largest absolute Gasteiger partial charge is 0.444 e. The number of ether oxygens (including phenoxy) is 1. The molecule has 0 aromatic carbocycles. The van der Waals surface area contributed by atoms with Crippen LogP contribution in [0, 0.1) is 12.3 Å². The minimum Gasteiger partial charge on any atom is -0.444 e. The van der Waals surface area contributed by atoms with Crippen LogP contribution >= 0.6 is 0 Å². The average Bonchev–Trinajstić information content (AvgIpc) is 2.44. The molecule has 0 amide bonds. The van der Waals surface area contributed by atoms with Gasteiger partial charge < -0.3 is 9.64 Å². The van der Waals surface area contributed by atoms with Crippen LogP contribution in [0.4, 0.5) is 0 Å². The Hall–Kier alpha value is -2.73. The molecule has 96 valence electrons. The highest BCUT2D eigenvalue weighted by Crippen LogP contribution is 2.27. The zero-order valence-corrected chi connectivity index (χ0v) is 11.0. The quantitative estimate of drug-likeness (QED) is 0.426. The third-order valence-electron chi connectivity index (χ3n) is 2.43. The lowest BCUT2D eigenvalue weighted by Crippen LogP contribution is -2.25. The van der Waals surface area contributed by atoms with E-state index in [1.165, 1.54) is 6.20 Å². The van der Waals surface area contributed by atoms with Gasteiger partial charge in [-0.25, -0.2) is 0 Å². The maximum Gasteiger partial charge on any atom is 0.202 e. The van der Waals surface area contributed by atoms with Gasteiger partial charge in [0.2, 0.25) is 5.76 Å². The van der Waals surface area contributed by atoms with Gasteiger partial charge in [0.05, 0.1) is 11.9 Å². The summed E-state index contributed by atoms with van der Waals surface area (Å²) in [6.07, 6.45) is 15.4. The fourth-order valence-corrected chi connectivity index (χ4v) is 1.53. The maximum atomic E-state index is 5.63. The van der Waals surface area contributed by atoms with Gasteiger partial charge in [0.1, 0.15) is 5.70 Å². The van der Waals surface area contributed by atoms with Gasteiger partial charge in [0.25, 0.3) is 0 Å². The lowest BCUT2D eigenvalue weighted by atomic mass is 10.2.